The number of nitrogens with zero attached hydrogens (tertiary/aromatic N) is 2. The van der Waals surface area contributed by atoms with Crippen molar-refractivity contribution in [3.05, 3.63) is 6.20 Å². The Morgan fingerprint density at radius 3 is 3.22 bits per heavy atom. The van der Waals surface area contributed by atoms with Gasteiger partial charge < -0.3 is 4.74 Å². The molecule has 0 spiro atoms. The third-order valence-electron chi connectivity index (χ3n) is 0.790. The Balaban J connectivity index is 2.30. The van der Waals surface area contributed by atoms with E-state index in [9.17, 15) is 0 Å². The van der Waals surface area contributed by atoms with E-state index in [2.05, 4.69) is 14.9 Å². The molecule has 0 saturated heterocycles. The fourth-order valence-corrected chi connectivity index (χ4v) is 0.424. The maximum absolute atomic E-state index is 5.00. The maximum atomic E-state index is 5.00. The summed E-state index contributed by atoms with van der Waals surface area (Å²) in [5.41, 5.74) is 0. The van der Waals surface area contributed by atoms with E-state index >= 15 is 0 Å². The zero-order valence-corrected chi connectivity index (χ0v) is 5.20. The van der Waals surface area contributed by atoms with E-state index < -0.39 is 0 Å². The lowest BCUT2D eigenvalue weighted by Crippen LogP contribution is -1.92. The third kappa shape index (κ3) is 1.71. The molecular weight excluding hydrogens is 120 g/mol. The Bertz CT molecular complexity index is 150. The number of rotatable bonds is 3. The second-order valence-corrected chi connectivity index (χ2v) is 1.59. The Hall–Kier alpha value is -1.06. The zero-order valence-electron chi connectivity index (χ0n) is 5.20. The van der Waals surface area contributed by atoms with Crippen LogP contribution in [0, 0.1) is 0 Å². The minimum atomic E-state index is 0.386. The second kappa shape index (κ2) is 3.06. The standard InChI is InChI=1S/C5H8N2O2/c1-2-3-8-5-4-6-7-9-5/h4H,2-3H2,1H3. The minimum Gasteiger partial charge on any atom is -0.463 e. The molecule has 0 amide bonds. The smallest absolute Gasteiger partial charge is 0.332 e. The summed E-state index contributed by atoms with van der Waals surface area (Å²) in [5, 5.41) is 6.66. The molecule has 50 valence electrons. The number of ether oxygens (including phenoxy) is 1. The summed E-state index contributed by atoms with van der Waals surface area (Å²) in [5.74, 6) is 0.386. The number of hydrogen-bond acceptors (Lipinski definition) is 4. The highest BCUT2D eigenvalue weighted by atomic mass is 16.6. The first kappa shape index (κ1) is 6.07. The van der Waals surface area contributed by atoms with Gasteiger partial charge in [0.25, 0.3) is 0 Å². The fourth-order valence-electron chi connectivity index (χ4n) is 0.424. The third-order valence-corrected chi connectivity index (χ3v) is 0.790. The van der Waals surface area contributed by atoms with Gasteiger partial charge in [0.15, 0.2) is 0 Å². The fraction of sp³-hybridized carbons (Fsp3) is 0.600. The summed E-state index contributed by atoms with van der Waals surface area (Å²) in [4.78, 5) is 0. The molecule has 9 heavy (non-hydrogen) atoms. The van der Waals surface area contributed by atoms with Crippen LogP contribution in [0.25, 0.3) is 0 Å². The second-order valence-electron chi connectivity index (χ2n) is 1.59. The van der Waals surface area contributed by atoms with Gasteiger partial charge in [-0.25, -0.2) is 0 Å². The van der Waals surface area contributed by atoms with Crippen LogP contribution >= 0.6 is 0 Å². The number of aromatic nitrogens is 2. The van der Waals surface area contributed by atoms with Crippen molar-refractivity contribution >= 4 is 0 Å². The summed E-state index contributed by atoms with van der Waals surface area (Å²) in [7, 11) is 0. The molecule has 0 fully saturated rings. The lowest BCUT2D eigenvalue weighted by Gasteiger charge is -1.93. The van der Waals surface area contributed by atoms with Crippen LogP contribution in [-0.4, -0.2) is 17.0 Å². The van der Waals surface area contributed by atoms with E-state index in [0.717, 1.165) is 6.42 Å². The summed E-state index contributed by atoms with van der Waals surface area (Å²) in [6.45, 7) is 2.67. The molecule has 0 radical (unpaired) electrons. The van der Waals surface area contributed by atoms with E-state index in [1.165, 1.54) is 6.20 Å². The van der Waals surface area contributed by atoms with E-state index in [1.54, 1.807) is 0 Å². The highest BCUT2D eigenvalue weighted by molar-refractivity contribution is 4.91. The molecule has 1 aromatic heterocycles. The van der Waals surface area contributed by atoms with Crippen LogP contribution in [0.2, 0.25) is 0 Å². The number of hydrogen-bond donors (Lipinski definition) is 0. The van der Waals surface area contributed by atoms with E-state index in [0.29, 0.717) is 12.6 Å². The lowest BCUT2D eigenvalue weighted by molar-refractivity contribution is 0.211. The Morgan fingerprint density at radius 2 is 2.67 bits per heavy atom. The molecular formula is C5H8N2O2. The zero-order chi connectivity index (χ0) is 6.53. The van der Waals surface area contributed by atoms with Gasteiger partial charge in [-0.2, -0.15) is 0 Å². The van der Waals surface area contributed by atoms with Gasteiger partial charge in [0.1, 0.15) is 6.20 Å². The summed E-state index contributed by atoms with van der Waals surface area (Å²) >= 11 is 0. The van der Waals surface area contributed by atoms with Gasteiger partial charge in [0.2, 0.25) is 0 Å². The Labute approximate surface area is 52.8 Å². The quantitative estimate of drug-likeness (QED) is 0.605. The van der Waals surface area contributed by atoms with Gasteiger partial charge in [-0.1, -0.05) is 6.92 Å². The minimum absolute atomic E-state index is 0.386. The van der Waals surface area contributed by atoms with Gasteiger partial charge in [-0.15, -0.1) is 5.10 Å². The Kier molecular flexibility index (Phi) is 2.06. The predicted molar refractivity (Wildman–Crippen MR) is 30.1 cm³/mol. The first-order valence-corrected chi connectivity index (χ1v) is 2.83. The molecule has 0 aromatic carbocycles. The summed E-state index contributed by atoms with van der Waals surface area (Å²) in [6.07, 6.45) is 2.40. The summed E-state index contributed by atoms with van der Waals surface area (Å²) in [6, 6.07) is 0. The molecule has 0 N–H and O–H groups in total. The SMILES string of the molecule is CCCOc1cnno1. The molecule has 1 aromatic rings. The van der Waals surface area contributed by atoms with E-state index in [1.807, 2.05) is 6.92 Å². The molecule has 0 bridgehead atoms. The maximum Gasteiger partial charge on any atom is 0.332 e. The van der Waals surface area contributed by atoms with Crippen molar-refractivity contribution < 1.29 is 9.26 Å². The van der Waals surface area contributed by atoms with Crippen molar-refractivity contribution in [1.29, 1.82) is 0 Å². The van der Waals surface area contributed by atoms with Gasteiger partial charge in [-0.3, -0.25) is 4.52 Å². The molecule has 0 aliphatic heterocycles. The van der Waals surface area contributed by atoms with E-state index in [4.69, 9.17) is 4.74 Å². The van der Waals surface area contributed by atoms with Crippen molar-refractivity contribution in [2.75, 3.05) is 6.61 Å². The topological polar surface area (TPSA) is 48.2 Å². The molecule has 1 heterocycles. The summed E-state index contributed by atoms with van der Waals surface area (Å²) < 4.78 is 9.56. The van der Waals surface area contributed by atoms with Crippen molar-refractivity contribution in [2.45, 2.75) is 13.3 Å². The van der Waals surface area contributed by atoms with E-state index in [-0.39, 0.29) is 0 Å². The molecule has 0 aliphatic rings. The van der Waals surface area contributed by atoms with Crippen LogP contribution in [0.5, 0.6) is 5.95 Å². The van der Waals surface area contributed by atoms with Crippen LogP contribution in [0.4, 0.5) is 0 Å². The van der Waals surface area contributed by atoms with Crippen LogP contribution in [0.15, 0.2) is 10.7 Å². The average Bonchev–Trinajstić information content (AvgIpc) is 2.34. The molecule has 4 nitrogen and oxygen atoms in total. The van der Waals surface area contributed by atoms with Gasteiger partial charge in [-0.05, 0) is 6.42 Å². The molecule has 0 aliphatic carbocycles. The van der Waals surface area contributed by atoms with Crippen LogP contribution < -0.4 is 4.74 Å². The molecule has 0 unspecified atom stereocenters. The van der Waals surface area contributed by atoms with Crippen LogP contribution in [0.3, 0.4) is 0 Å². The van der Waals surface area contributed by atoms with Crippen molar-refractivity contribution in [1.82, 2.24) is 10.4 Å². The van der Waals surface area contributed by atoms with Gasteiger partial charge in [0.05, 0.1) is 6.61 Å². The average molecular weight is 128 g/mol. The molecule has 0 atom stereocenters. The monoisotopic (exact) mass is 128 g/mol. The highest BCUT2D eigenvalue weighted by Crippen LogP contribution is 2.03. The van der Waals surface area contributed by atoms with Crippen molar-refractivity contribution in [3.63, 3.8) is 0 Å². The van der Waals surface area contributed by atoms with Crippen LogP contribution in [0.1, 0.15) is 13.3 Å². The highest BCUT2D eigenvalue weighted by Gasteiger charge is 1.94. The normalized spacial score (nSPS) is 9.44. The lowest BCUT2D eigenvalue weighted by atomic mass is 10.5. The molecule has 1 rings (SSSR count). The largest absolute Gasteiger partial charge is 0.463 e. The first-order valence-electron chi connectivity index (χ1n) is 2.83. The predicted octanol–water partition coefficient (Wildman–Crippen LogP) is 0.858. The molecule has 4 heteroatoms. The van der Waals surface area contributed by atoms with Gasteiger partial charge in [0, 0.05) is 5.27 Å². The van der Waals surface area contributed by atoms with Crippen molar-refractivity contribution in [2.24, 2.45) is 0 Å². The van der Waals surface area contributed by atoms with Crippen molar-refractivity contribution in [3.8, 4) is 5.95 Å². The molecule has 0 saturated carbocycles. The van der Waals surface area contributed by atoms with Gasteiger partial charge >= 0.3 is 5.95 Å². The first-order chi connectivity index (χ1) is 4.43. The van der Waals surface area contributed by atoms with Crippen LogP contribution in [-0.2, 0) is 0 Å². The Morgan fingerprint density at radius 1 is 1.78 bits per heavy atom.